The number of aryl methyl sites for hydroxylation is 3. The Balaban J connectivity index is 1.06. The molecule has 1 saturated heterocycles. The normalized spacial score (nSPS) is 22.3. The standard InChI is InChI=1S/C47H47FN10O5/c1-25-17-35(18-26(2)41(25)48)58-42(56-15-14-55(46(56)61)34-8-10-37-33(21-34)24-49-53(37)6)40-29(5)54(13-11-36(40)51-58)43(59)39-22-32-20-30(31-12-16-62-28(4)19-31)7-9-38(32)57(39)47(23-27(47)3)44-50-45(60)63-52-44/h7-10,14-15,17-18,20-22,24,27-29,31H,11-13,16,19,23H2,1-6H3,(H,50,52,60)/t27-,28-,29-,31-,47-/m0/s1. The molecule has 1 saturated carbocycles. The van der Waals surface area contributed by atoms with Gasteiger partial charge >= 0.3 is 11.4 Å². The molecule has 1 N–H and O–H groups in total. The van der Waals surface area contributed by atoms with Crippen molar-refractivity contribution in [2.24, 2.45) is 13.0 Å². The summed E-state index contributed by atoms with van der Waals surface area (Å²) in [6.45, 7) is 10.6. The predicted molar refractivity (Wildman–Crippen MR) is 233 cm³/mol. The van der Waals surface area contributed by atoms with Crippen LogP contribution in [0.5, 0.6) is 0 Å². The fraction of sp³-hybridized carbons (Fsp3) is 0.362. The van der Waals surface area contributed by atoms with Crippen LogP contribution < -0.4 is 11.4 Å². The molecule has 3 aromatic carbocycles. The van der Waals surface area contributed by atoms with Crippen molar-refractivity contribution in [3.63, 3.8) is 0 Å². The van der Waals surface area contributed by atoms with Gasteiger partial charge in [0.15, 0.2) is 5.82 Å². The van der Waals surface area contributed by atoms with Crippen LogP contribution in [0.25, 0.3) is 39.0 Å². The van der Waals surface area contributed by atoms with Crippen molar-refractivity contribution in [3.8, 4) is 17.2 Å². The van der Waals surface area contributed by atoms with Crippen molar-refractivity contribution < 1.29 is 18.4 Å². The number of rotatable bonds is 7. The monoisotopic (exact) mass is 850 g/mol. The van der Waals surface area contributed by atoms with E-state index in [9.17, 15) is 9.59 Å². The van der Waals surface area contributed by atoms with E-state index in [0.29, 0.717) is 77.3 Å². The molecule has 16 heteroatoms. The number of hydrogen-bond donors (Lipinski definition) is 1. The van der Waals surface area contributed by atoms with Crippen LogP contribution in [0.15, 0.2) is 87.3 Å². The zero-order valence-electron chi connectivity index (χ0n) is 35.9. The maximum Gasteiger partial charge on any atom is 0.438 e. The molecule has 0 spiro atoms. The van der Waals surface area contributed by atoms with Crippen LogP contribution in [0.2, 0.25) is 0 Å². The molecule has 7 heterocycles. The van der Waals surface area contributed by atoms with E-state index in [0.717, 1.165) is 40.3 Å². The Morgan fingerprint density at radius 3 is 2.43 bits per heavy atom. The topological polar surface area (TPSA) is 156 Å². The molecule has 0 radical (unpaired) electrons. The van der Waals surface area contributed by atoms with Crippen molar-refractivity contribution in [2.45, 2.75) is 83.9 Å². The first-order chi connectivity index (χ1) is 30.3. The number of benzene rings is 3. The summed E-state index contributed by atoms with van der Waals surface area (Å²) >= 11 is 0. The van der Waals surface area contributed by atoms with Gasteiger partial charge in [0.1, 0.15) is 22.9 Å². The number of aromatic nitrogens is 9. The number of amides is 1. The summed E-state index contributed by atoms with van der Waals surface area (Å²) in [5.74, 6) is 0.0260. The largest absolute Gasteiger partial charge is 0.438 e. The molecule has 15 nitrogen and oxygen atoms in total. The number of carbonyl (C=O) groups excluding carboxylic acids is 1. The first kappa shape index (κ1) is 39.1. The molecule has 5 aromatic heterocycles. The van der Waals surface area contributed by atoms with Gasteiger partial charge in [0.05, 0.1) is 40.9 Å². The Morgan fingerprint density at radius 2 is 1.70 bits per heavy atom. The maximum absolute atomic E-state index is 15.5. The Kier molecular flexibility index (Phi) is 8.75. The average Bonchev–Trinajstić information content (AvgIpc) is 3.90. The summed E-state index contributed by atoms with van der Waals surface area (Å²) in [5, 5.41) is 15.5. The summed E-state index contributed by atoms with van der Waals surface area (Å²) < 4.78 is 34.7. The van der Waals surface area contributed by atoms with Crippen LogP contribution in [-0.4, -0.2) is 73.5 Å². The average molecular weight is 851 g/mol. The van der Waals surface area contributed by atoms with Gasteiger partial charge in [-0.15, -0.1) is 0 Å². The zero-order valence-corrected chi connectivity index (χ0v) is 35.9. The minimum Gasteiger partial charge on any atom is -0.378 e. The summed E-state index contributed by atoms with van der Waals surface area (Å²) in [4.78, 5) is 47.2. The highest BCUT2D eigenvalue weighted by Crippen LogP contribution is 2.56. The van der Waals surface area contributed by atoms with Gasteiger partial charge < -0.3 is 14.2 Å². The molecular weight excluding hydrogens is 804 g/mol. The summed E-state index contributed by atoms with van der Waals surface area (Å²) in [7, 11) is 1.87. The molecule has 0 bridgehead atoms. The number of aromatic amines is 1. The Labute approximate surface area is 360 Å². The Morgan fingerprint density at radius 1 is 0.937 bits per heavy atom. The Bertz CT molecular complexity index is 3270. The van der Waals surface area contributed by atoms with Gasteiger partial charge in [-0.25, -0.2) is 18.7 Å². The van der Waals surface area contributed by atoms with Crippen molar-refractivity contribution in [1.82, 2.24) is 48.3 Å². The molecule has 0 unspecified atom stereocenters. The molecule has 3 aliphatic rings. The van der Waals surface area contributed by atoms with Gasteiger partial charge in [-0.1, -0.05) is 18.1 Å². The van der Waals surface area contributed by atoms with E-state index in [1.165, 1.54) is 5.56 Å². The minimum absolute atomic E-state index is 0.0315. The number of halogens is 1. The third-order valence-corrected chi connectivity index (χ3v) is 13.9. The van der Waals surface area contributed by atoms with Crippen LogP contribution in [0.3, 0.4) is 0 Å². The first-order valence-corrected chi connectivity index (χ1v) is 21.6. The SMILES string of the molecule is Cc1cc(-n2nc3c(c2-n2ccn(-c4ccc5c(cnn5C)c4)c2=O)[C@H](C)N(C(=O)c2cc4cc([C@H]5CCO[C@@H](C)C5)ccc4n2[C@@]2(c4noc(=O)[nH]4)C[C@@H]2C)CC3)cc(C)c1F. The molecule has 2 fully saturated rings. The number of ether oxygens (including phenoxy) is 1. The molecule has 11 rings (SSSR count). The van der Waals surface area contributed by atoms with E-state index < -0.39 is 17.3 Å². The molecular formula is C47H47FN10O5. The number of nitrogens with one attached hydrogen (secondary N) is 1. The molecule has 8 aromatic rings. The predicted octanol–water partition coefficient (Wildman–Crippen LogP) is 6.91. The van der Waals surface area contributed by atoms with Crippen molar-refractivity contribution in [3.05, 3.63) is 140 Å². The number of H-pyrrole nitrogens is 1. The lowest BCUT2D eigenvalue weighted by Crippen LogP contribution is -2.41. The first-order valence-electron chi connectivity index (χ1n) is 21.6. The molecule has 322 valence electrons. The zero-order chi connectivity index (χ0) is 43.6. The third-order valence-electron chi connectivity index (χ3n) is 13.9. The second-order valence-corrected chi connectivity index (χ2v) is 17.8. The van der Waals surface area contributed by atoms with E-state index in [2.05, 4.69) is 51.9 Å². The van der Waals surface area contributed by atoms with Gasteiger partial charge in [-0.3, -0.25) is 28.1 Å². The van der Waals surface area contributed by atoms with Crippen LogP contribution in [0.1, 0.15) is 96.3 Å². The van der Waals surface area contributed by atoms with Crippen LogP contribution >= 0.6 is 0 Å². The maximum atomic E-state index is 15.5. The molecule has 1 amide bonds. The van der Waals surface area contributed by atoms with Gasteiger partial charge in [-0.05, 0) is 124 Å². The van der Waals surface area contributed by atoms with Crippen molar-refractivity contribution in [1.29, 1.82) is 0 Å². The minimum atomic E-state index is -0.818. The van der Waals surface area contributed by atoms with Crippen molar-refractivity contribution in [2.75, 3.05) is 13.2 Å². The van der Waals surface area contributed by atoms with E-state index in [4.69, 9.17) is 14.4 Å². The summed E-state index contributed by atoms with van der Waals surface area (Å²) in [6, 6.07) is 17.0. The Hall–Kier alpha value is -6.81. The molecule has 1 aliphatic carbocycles. The number of nitrogens with zero attached hydrogens (tertiary/aromatic N) is 9. The van der Waals surface area contributed by atoms with Gasteiger partial charge in [0.25, 0.3) is 5.91 Å². The highest BCUT2D eigenvalue weighted by Gasteiger charge is 2.59. The van der Waals surface area contributed by atoms with Crippen LogP contribution in [0, 0.1) is 25.6 Å². The quantitative estimate of drug-likeness (QED) is 0.181. The van der Waals surface area contributed by atoms with Gasteiger partial charge in [0.2, 0.25) is 0 Å². The van der Waals surface area contributed by atoms with Gasteiger partial charge in [-0.2, -0.15) is 10.2 Å². The number of imidazole rings is 1. The van der Waals surface area contributed by atoms with E-state index >= 15 is 9.18 Å². The molecule has 2 aliphatic heterocycles. The van der Waals surface area contributed by atoms with E-state index in [1.807, 2.05) is 43.1 Å². The van der Waals surface area contributed by atoms with Crippen LogP contribution in [-0.2, 0) is 23.7 Å². The fourth-order valence-electron chi connectivity index (χ4n) is 10.5. The molecule has 5 atom stereocenters. The molecule has 63 heavy (non-hydrogen) atoms. The number of fused-ring (bicyclic) bond motifs is 3. The lowest BCUT2D eigenvalue weighted by atomic mass is 9.88. The second-order valence-electron chi connectivity index (χ2n) is 17.8. The summed E-state index contributed by atoms with van der Waals surface area (Å²) in [6.07, 6.45) is 8.22. The lowest BCUT2D eigenvalue weighted by Gasteiger charge is -2.34. The highest BCUT2D eigenvalue weighted by atomic mass is 19.1. The van der Waals surface area contributed by atoms with Crippen molar-refractivity contribution >= 4 is 27.7 Å². The smallest absolute Gasteiger partial charge is 0.378 e. The highest BCUT2D eigenvalue weighted by molar-refractivity contribution is 6.00. The second kappa shape index (κ2) is 14.1. The fourth-order valence-corrected chi connectivity index (χ4v) is 10.5. The van der Waals surface area contributed by atoms with E-state index in [-0.39, 0.29) is 29.4 Å². The van der Waals surface area contributed by atoms with E-state index in [1.54, 1.807) is 63.1 Å². The number of hydrogen-bond acceptors (Lipinski definition) is 8. The lowest BCUT2D eigenvalue weighted by molar-refractivity contribution is 0.0186. The third kappa shape index (κ3) is 5.94. The van der Waals surface area contributed by atoms with Gasteiger partial charge in [0, 0.05) is 60.9 Å². The number of carbonyl (C=O) groups is 1. The van der Waals surface area contributed by atoms with Crippen LogP contribution in [0.4, 0.5) is 4.39 Å². The summed E-state index contributed by atoms with van der Waals surface area (Å²) in [5.41, 5.74) is 5.89.